The summed E-state index contributed by atoms with van der Waals surface area (Å²) in [5.74, 6) is 0.140. The first-order chi connectivity index (χ1) is 8.09. The minimum atomic E-state index is 0.140. The zero-order valence-electron chi connectivity index (χ0n) is 9.96. The third-order valence-electron chi connectivity index (χ3n) is 3.46. The molecule has 1 aliphatic rings. The second-order valence-corrected chi connectivity index (χ2v) is 5.23. The second kappa shape index (κ2) is 3.61. The summed E-state index contributed by atoms with van der Waals surface area (Å²) in [6, 6.07) is 6.36. The van der Waals surface area contributed by atoms with Gasteiger partial charge < -0.3 is 4.57 Å². The maximum absolute atomic E-state index is 11.8. The Hall–Kier alpha value is -1.28. The molecule has 0 atom stereocenters. The van der Waals surface area contributed by atoms with Crippen LogP contribution in [0.2, 0.25) is 5.02 Å². The molecule has 0 spiro atoms. The monoisotopic (exact) mass is 247 g/mol. The van der Waals surface area contributed by atoms with Crippen molar-refractivity contribution in [3.8, 4) is 0 Å². The fourth-order valence-corrected chi connectivity index (χ4v) is 2.76. The Morgan fingerprint density at radius 1 is 1.41 bits per heavy atom. The molecule has 1 aliphatic carbocycles. The van der Waals surface area contributed by atoms with Crippen LogP contribution in [0.15, 0.2) is 18.2 Å². The van der Waals surface area contributed by atoms with Gasteiger partial charge in [0.15, 0.2) is 5.78 Å². The van der Waals surface area contributed by atoms with Crippen molar-refractivity contribution in [1.82, 2.24) is 4.57 Å². The summed E-state index contributed by atoms with van der Waals surface area (Å²) in [7, 11) is 0. The summed E-state index contributed by atoms with van der Waals surface area (Å²) < 4.78 is 2.18. The molecular formula is C14H14ClNO. The van der Waals surface area contributed by atoms with Crippen LogP contribution in [0, 0.1) is 6.92 Å². The minimum absolute atomic E-state index is 0.140. The number of aromatic nitrogens is 1. The largest absolute Gasteiger partial charge is 0.335 e. The lowest BCUT2D eigenvalue weighted by molar-refractivity contribution is 0.100. The standard InChI is InChI=1S/C14H14ClNO/c1-8-12-6-3-10(15)7-13(12)16(11-4-5-11)14(8)9(2)17/h3,6-7,11H,4-5H2,1-2H3. The van der Waals surface area contributed by atoms with E-state index in [4.69, 9.17) is 11.6 Å². The lowest BCUT2D eigenvalue weighted by Gasteiger charge is -2.07. The van der Waals surface area contributed by atoms with Crippen LogP contribution in [0.4, 0.5) is 0 Å². The fraction of sp³-hybridized carbons (Fsp3) is 0.357. The Bertz CT molecular complexity index is 623. The number of hydrogen-bond donors (Lipinski definition) is 0. The van der Waals surface area contributed by atoms with Crippen molar-refractivity contribution in [2.24, 2.45) is 0 Å². The van der Waals surface area contributed by atoms with Crippen LogP contribution >= 0.6 is 11.6 Å². The molecule has 0 radical (unpaired) electrons. The zero-order chi connectivity index (χ0) is 12.2. The van der Waals surface area contributed by atoms with Crippen LogP contribution in [-0.4, -0.2) is 10.4 Å². The lowest BCUT2D eigenvalue weighted by Crippen LogP contribution is -2.05. The van der Waals surface area contributed by atoms with Crippen molar-refractivity contribution in [3.63, 3.8) is 0 Å². The van der Waals surface area contributed by atoms with Gasteiger partial charge in [0.25, 0.3) is 0 Å². The van der Waals surface area contributed by atoms with E-state index in [1.807, 2.05) is 25.1 Å². The van der Waals surface area contributed by atoms with E-state index in [0.717, 1.165) is 40.0 Å². The molecule has 0 bridgehead atoms. The van der Waals surface area contributed by atoms with Crippen LogP contribution in [0.1, 0.15) is 41.9 Å². The Balaban J connectivity index is 2.41. The third-order valence-corrected chi connectivity index (χ3v) is 3.70. The highest BCUT2D eigenvalue weighted by Crippen LogP contribution is 2.41. The first-order valence-electron chi connectivity index (χ1n) is 5.90. The number of fused-ring (bicyclic) bond motifs is 1. The quantitative estimate of drug-likeness (QED) is 0.731. The van der Waals surface area contributed by atoms with Crippen LogP contribution in [-0.2, 0) is 0 Å². The molecule has 2 nitrogen and oxygen atoms in total. The van der Waals surface area contributed by atoms with E-state index in [0.29, 0.717) is 6.04 Å². The summed E-state index contributed by atoms with van der Waals surface area (Å²) in [6.45, 7) is 3.66. The zero-order valence-corrected chi connectivity index (χ0v) is 10.7. The predicted octanol–water partition coefficient (Wildman–Crippen LogP) is 4.14. The Labute approximate surface area is 105 Å². The number of carbonyl (C=O) groups excluding carboxylic acids is 1. The molecule has 1 fully saturated rings. The molecule has 1 heterocycles. The summed E-state index contributed by atoms with van der Waals surface area (Å²) in [5, 5.41) is 1.87. The van der Waals surface area contributed by atoms with E-state index < -0.39 is 0 Å². The highest BCUT2D eigenvalue weighted by atomic mass is 35.5. The Morgan fingerprint density at radius 3 is 2.71 bits per heavy atom. The number of benzene rings is 1. The molecule has 2 aromatic rings. The number of rotatable bonds is 2. The summed E-state index contributed by atoms with van der Waals surface area (Å²) in [4.78, 5) is 11.8. The van der Waals surface area contributed by atoms with Crippen molar-refractivity contribution in [1.29, 1.82) is 0 Å². The summed E-state index contributed by atoms with van der Waals surface area (Å²) in [5.41, 5.74) is 3.03. The van der Waals surface area contributed by atoms with Crippen LogP contribution in [0.3, 0.4) is 0 Å². The van der Waals surface area contributed by atoms with Gasteiger partial charge in [-0.05, 0) is 37.5 Å². The number of Topliss-reactive ketones (excluding diaryl/α,β-unsaturated/α-hetero) is 1. The number of nitrogens with zero attached hydrogens (tertiary/aromatic N) is 1. The molecule has 0 N–H and O–H groups in total. The van der Waals surface area contributed by atoms with Crippen molar-refractivity contribution >= 4 is 28.3 Å². The number of carbonyl (C=O) groups is 1. The first kappa shape index (κ1) is 10.8. The first-order valence-corrected chi connectivity index (χ1v) is 6.28. The average molecular weight is 248 g/mol. The molecule has 0 amide bonds. The highest BCUT2D eigenvalue weighted by molar-refractivity contribution is 6.31. The van der Waals surface area contributed by atoms with Crippen molar-refractivity contribution in [2.75, 3.05) is 0 Å². The van der Waals surface area contributed by atoms with Crippen LogP contribution in [0.5, 0.6) is 0 Å². The van der Waals surface area contributed by atoms with Gasteiger partial charge >= 0.3 is 0 Å². The number of halogens is 1. The normalized spacial score (nSPS) is 15.5. The third kappa shape index (κ3) is 1.59. The molecule has 0 saturated heterocycles. The molecule has 1 aromatic carbocycles. The van der Waals surface area contributed by atoms with E-state index in [2.05, 4.69) is 4.57 Å². The molecule has 1 aromatic heterocycles. The van der Waals surface area contributed by atoms with Gasteiger partial charge in [-0.25, -0.2) is 0 Å². The molecule has 1 saturated carbocycles. The topological polar surface area (TPSA) is 22.0 Å². The van der Waals surface area contributed by atoms with Gasteiger partial charge in [-0.1, -0.05) is 17.7 Å². The van der Waals surface area contributed by atoms with Crippen LogP contribution in [0.25, 0.3) is 10.9 Å². The number of ketones is 1. The molecule has 17 heavy (non-hydrogen) atoms. The van der Waals surface area contributed by atoms with E-state index in [9.17, 15) is 4.79 Å². The lowest BCUT2D eigenvalue weighted by atomic mass is 10.1. The maximum Gasteiger partial charge on any atom is 0.176 e. The number of aryl methyl sites for hydroxylation is 1. The van der Waals surface area contributed by atoms with Crippen LogP contribution < -0.4 is 0 Å². The maximum atomic E-state index is 11.8. The van der Waals surface area contributed by atoms with Gasteiger partial charge in [0.1, 0.15) is 0 Å². The molecule has 0 unspecified atom stereocenters. The average Bonchev–Trinajstić information content (AvgIpc) is 3.04. The van der Waals surface area contributed by atoms with Crippen molar-refractivity contribution in [2.45, 2.75) is 32.7 Å². The predicted molar refractivity (Wildman–Crippen MR) is 70.0 cm³/mol. The molecule has 0 aliphatic heterocycles. The van der Waals surface area contributed by atoms with Gasteiger partial charge in [-0.2, -0.15) is 0 Å². The van der Waals surface area contributed by atoms with Crippen molar-refractivity contribution < 1.29 is 4.79 Å². The fourth-order valence-electron chi connectivity index (χ4n) is 2.60. The van der Waals surface area contributed by atoms with E-state index in [1.165, 1.54) is 0 Å². The van der Waals surface area contributed by atoms with Gasteiger partial charge in [0.05, 0.1) is 11.2 Å². The SMILES string of the molecule is CC(=O)c1c(C)c2ccc(Cl)cc2n1C1CC1. The summed E-state index contributed by atoms with van der Waals surface area (Å²) >= 11 is 6.06. The van der Waals surface area contributed by atoms with E-state index in [1.54, 1.807) is 6.92 Å². The molecule has 3 rings (SSSR count). The molecule has 3 heteroatoms. The Morgan fingerprint density at radius 2 is 2.12 bits per heavy atom. The number of hydrogen-bond acceptors (Lipinski definition) is 1. The second-order valence-electron chi connectivity index (χ2n) is 4.79. The highest BCUT2D eigenvalue weighted by Gasteiger charge is 2.30. The summed E-state index contributed by atoms with van der Waals surface area (Å²) in [6.07, 6.45) is 2.33. The smallest absolute Gasteiger partial charge is 0.176 e. The van der Waals surface area contributed by atoms with Gasteiger partial charge in [-0.15, -0.1) is 0 Å². The molecular weight excluding hydrogens is 234 g/mol. The van der Waals surface area contributed by atoms with Crippen molar-refractivity contribution in [3.05, 3.63) is 34.5 Å². The van der Waals surface area contributed by atoms with Gasteiger partial charge in [0.2, 0.25) is 0 Å². The molecule has 88 valence electrons. The van der Waals surface area contributed by atoms with E-state index in [-0.39, 0.29) is 5.78 Å². The Kier molecular flexibility index (Phi) is 2.30. The van der Waals surface area contributed by atoms with Gasteiger partial charge in [-0.3, -0.25) is 4.79 Å². The minimum Gasteiger partial charge on any atom is -0.335 e. The van der Waals surface area contributed by atoms with E-state index >= 15 is 0 Å². The van der Waals surface area contributed by atoms with Gasteiger partial charge in [0, 0.05) is 23.4 Å².